The molecule has 0 aromatic carbocycles. The molecule has 0 saturated heterocycles. The monoisotopic (exact) mass is 208 g/mol. The minimum Gasteiger partial charge on any atom is -0.228 e. The van der Waals surface area contributed by atoms with Gasteiger partial charge in [0.2, 0.25) is 0 Å². The first-order valence-electron chi connectivity index (χ1n) is 4.73. The Morgan fingerprint density at radius 1 is 1.36 bits per heavy atom. The molecule has 2 nitrogen and oxygen atoms in total. The van der Waals surface area contributed by atoms with E-state index in [9.17, 15) is 0 Å². The summed E-state index contributed by atoms with van der Waals surface area (Å²) in [6, 6.07) is 1.98. The standard InChI is InChI=1S/C11H16N2S/c1-5-8(2)7-14-11-12-9(3)6-10(4)13-11/h6H,2,5,7H2,1,3-4H3. The zero-order valence-electron chi connectivity index (χ0n) is 9.00. The Labute approximate surface area is 89.9 Å². The molecule has 1 rings (SSSR count). The molecule has 0 saturated carbocycles. The Hall–Kier alpha value is -0.830. The third-order valence-corrected chi connectivity index (χ3v) is 2.86. The van der Waals surface area contributed by atoms with Gasteiger partial charge in [0.25, 0.3) is 0 Å². The summed E-state index contributed by atoms with van der Waals surface area (Å²) in [7, 11) is 0. The van der Waals surface area contributed by atoms with E-state index < -0.39 is 0 Å². The second-order valence-electron chi connectivity index (χ2n) is 3.33. The lowest BCUT2D eigenvalue weighted by molar-refractivity contribution is 0.902. The van der Waals surface area contributed by atoms with Gasteiger partial charge in [-0.3, -0.25) is 0 Å². The Bertz CT molecular complexity index is 314. The first-order valence-corrected chi connectivity index (χ1v) is 5.72. The summed E-state index contributed by atoms with van der Waals surface area (Å²) in [5, 5.41) is 0.858. The van der Waals surface area contributed by atoms with Gasteiger partial charge in [-0.1, -0.05) is 30.8 Å². The van der Waals surface area contributed by atoms with Crippen molar-refractivity contribution >= 4 is 11.8 Å². The van der Waals surface area contributed by atoms with Crippen LogP contribution in [0.4, 0.5) is 0 Å². The van der Waals surface area contributed by atoms with Crippen molar-refractivity contribution in [3.05, 3.63) is 29.6 Å². The molecule has 1 aromatic heterocycles. The van der Waals surface area contributed by atoms with Gasteiger partial charge in [0.1, 0.15) is 0 Å². The van der Waals surface area contributed by atoms with Crippen molar-refractivity contribution in [2.24, 2.45) is 0 Å². The Kier molecular flexibility index (Phi) is 4.14. The van der Waals surface area contributed by atoms with Crippen LogP contribution in [-0.4, -0.2) is 15.7 Å². The van der Waals surface area contributed by atoms with E-state index in [0.717, 1.165) is 28.7 Å². The molecular formula is C11H16N2S. The molecular weight excluding hydrogens is 192 g/mol. The molecule has 0 radical (unpaired) electrons. The molecule has 0 atom stereocenters. The van der Waals surface area contributed by atoms with Crippen molar-refractivity contribution in [3.8, 4) is 0 Å². The van der Waals surface area contributed by atoms with Crippen molar-refractivity contribution in [1.82, 2.24) is 9.97 Å². The lowest BCUT2D eigenvalue weighted by atomic mass is 10.3. The van der Waals surface area contributed by atoms with Crippen molar-refractivity contribution in [3.63, 3.8) is 0 Å². The molecule has 14 heavy (non-hydrogen) atoms. The van der Waals surface area contributed by atoms with E-state index in [0.29, 0.717) is 0 Å². The lowest BCUT2D eigenvalue weighted by Crippen LogP contribution is -1.94. The summed E-state index contributed by atoms with van der Waals surface area (Å²) < 4.78 is 0. The largest absolute Gasteiger partial charge is 0.228 e. The van der Waals surface area contributed by atoms with E-state index in [4.69, 9.17) is 0 Å². The van der Waals surface area contributed by atoms with Gasteiger partial charge in [0.05, 0.1) is 0 Å². The van der Waals surface area contributed by atoms with Gasteiger partial charge < -0.3 is 0 Å². The maximum atomic E-state index is 4.35. The summed E-state index contributed by atoms with van der Waals surface area (Å²) in [5.74, 6) is 0.916. The molecule has 3 heteroatoms. The van der Waals surface area contributed by atoms with Crippen LogP contribution in [0.2, 0.25) is 0 Å². The fourth-order valence-corrected chi connectivity index (χ4v) is 1.98. The molecule has 1 heterocycles. The van der Waals surface area contributed by atoms with Crippen molar-refractivity contribution in [1.29, 1.82) is 0 Å². The summed E-state index contributed by atoms with van der Waals surface area (Å²) in [6.07, 6.45) is 1.03. The average molecular weight is 208 g/mol. The Morgan fingerprint density at radius 2 is 1.93 bits per heavy atom. The topological polar surface area (TPSA) is 25.8 Å². The Morgan fingerprint density at radius 3 is 2.43 bits per heavy atom. The summed E-state index contributed by atoms with van der Waals surface area (Å²) >= 11 is 1.66. The smallest absolute Gasteiger partial charge is 0.188 e. The second kappa shape index (κ2) is 5.15. The van der Waals surface area contributed by atoms with Crippen molar-refractivity contribution in [2.75, 3.05) is 5.75 Å². The second-order valence-corrected chi connectivity index (χ2v) is 4.27. The van der Waals surface area contributed by atoms with Gasteiger partial charge in [-0.15, -0.1) is 0 Å². The zero-order valence-corrected chi connectivity index (χ0v) is 9.82. The van der Waals surface area contributed by atoms with Crippen LogP contribution < -0.4 is 0 Å². The van der Waals surface area contributed by atoms with Crippen molar-refractivity contribution < 1.29 is 0 Å². The van der Waals surface area contributed by atoms with E-state index in [1.54, 1.807) is 11.8 Å². The fourth-order valence-electron chi connectivity index (χ4n) is 1.03. The molecule has 0 aliphatic rings. The highest BCUT2D eigenvalue weighted by Crippen LogP contribution is 2.17. The first-order chi connectivity index (χ1) is 6.61. The number of aryl methyl sites for hydroxylation is 2. The van der Waals surface area contributed by atoms with Crippen LogP contribution >= 0.6 is 11.8 Å². The molecule has 0 aliphatic carbocycles. The highest BCUT2D eigenvalue weighted by molar-refractivity contribution is 7.99. The summed E-state index contributed by atoms with van der Waals surface area (Å²) in [6.45, 7) is 10.1. The van der Waals surface area contributed by atoms with Crippen LogP contribution in [-0.2, 0) is 0 Å². The number of rotatable bonds is 4. The molecule has 0 amide bonds. The van der Waals surface area contributed by atoms with E-state index >= 15 is 0 Å². The number of nitrogens with zero attached hydrogens (tertiary/aromatic N) is 2. The van der Waals surface area contributed by atoms with Crippen LogP contribution in [0, 0.1) is 13.8 Å². The van der Waals surface area contributed by atoms with Gasteiger partial charge in [-0.25, -0.2) is 9.97 Å². The molecule has 1 aromatic rings. The minimum absolute atomic E-state index is 0.858. The summed E-state index contributed by atoms with van der Waals surface area (Å²) in [5.41, 5.74) is 3.29. The maximum absolute atomic E-state index is 4.35. The van der Waals surface area contributed by atoms with Gasteiger partial charge in [-0.2, -0.15) is 0 Å². The van der Waals surface area contributed by atoms with Crippen LogP contribution in [0.25, 0.3) is 0 Å². The van der Waals surface area contributed by atoms with Gasteiger partial charge in [0, 0.05) is 17.1 Å². The third-order valence-electron chi connectivity index (χ3n) is 1.87. The molecule has 76 valence electrons. The number of hydrogen-bond donors (Lipinski definition) is 0. The maximum Gasteiger partial charge on any atom is 0.188 e. The van der Waals surface area contributed by atoms with Crippen LogP contribution in [0.5, 0.6) is 0 Å². The predicted molar refractivity (Wildman–Crippen MR) is 61.7 cm³/mol. The zero-order chi connectivity index (χ0) is 10.6. The number of thioether (sulfide) groups is 1. The highest BCUT2D eigenvalue weighted by Gasteiger charge is 2.00. The van der Waals surface area contributed by atoms with E-state index in [2.05, 4.69) is 23.5 Å². The first kappa shape index (κ1) is 11.2. The molecule has 0 aliphatic heterocycles. The SMILES string of the molecule is C=C(CC)CSc1nc(C)cc(C)n1. The Balaban J connectivity index is 2.63. The van der Waals surface area contributed by atoms with E-state index in [-0.39, 0.29) is 0 Å². The van der Waals surface area contributed by atoms with Gasteiger partial charge >= 0.3 is 0 Å². The predicted octanol–water partition coefficient (Wildman–Crippen LogP) is 3.15. The normalized spacial score (nSPS) is 10.2. The number of aromatic nitrogens is 2. The summed E-state index contributed by atoms with van der Waals surface area (Å²) in [4.78, 5) is 8.70. The minimum atomic E-state index is 0.858. The lowest BCUT2D eigenvalue weighted by Gasteiger charge is -2.03. The van der Waals surface area contributed by atoms with Crippen LogP contribution in [0.15, 0.2) is 23.4 Å². The molecule has 0 bridgehead atoms. The fraction of sp³-hybridized carbons (Fsp3) is 0.455. The third kappa shape index (κ3) is 3.50. The van der Waals surface area contributed by atoms with E-state index in [1.165, 1.54) is 5.57 Å². The molecule has 0 N–H and O–H groups in total. The molecule has 0 fully saturated rings. The van der Waals surface area contributed by atoms with Gasteiger partial charge in [-0.05, 0) is 26.3 Å². The van der Waals surface area contributed by atoms with Crippen molar-refractivity contribution in [2.45, 2.75) is 32.3 Å². The number of hydrogen-bond acceptors (Lipinski definition) is 3. The molecule has 0 spiro atoms. The van der Waals surface area contributed by atoms with E-state index in [1.807, 2.05) is 19.9 Å². The average Bonchev–Trinajstić information content (AvgIpc) is 2.12. The highest BCUT2D eigenvalue weighted by atomic mass is 32.2. The quantitative estimate of drug-likeness (QED) is 0.432. The van der Waals surface area contributed by atoms with Crippen LogP contribution in [0.1, 0.15) is 24.7 Å². The van der Waals surface area contributed by atoms with Crippen LogP contribution in [0.3, 0.4) is 0 Å². The molecule has 0 unspecified atom stereocenters. The van der Waals surface area contributed by atoms with Gasteiger partial charge in [0.15, 0.2) is 5.16 Å².